The van der Waals surface area contributed by atoms with Gasteiger partial charge in [0, 0.05) is 12.6 Å². The van der Waals surface area contributed by atoms with Crippen LogP contribution in [0, 0.1) is 5.92 Å². The predicted octanol–water partition coefficient (Wildman–Crippen LogP) is 1.62. The highest BCUT2D eigenvalue weighted by atomic mass is 15.2. The Morgan fingerprint density at radius 2 is 2.36 bits per heavy atom. The molecule has 2 unspecified atom stereocenters. The molecule has 4 heteroatoms. The zero-order valence-electron chi connectivity index (χ0n) is 8.83. The number of piperidine rings is 1. The molecule has 78 valence electrons. The molecule has 0 spiro atoms. The quantitative estimate of drug-likeness (QED) is 0.714. The fourth-order valence-electron chi connectivity index (χ4n) is 2.28. The number of H-pyrrole nitrogens is 1. The summed E-state index contributed by atoms with van der Waals surface area (Å²) in [7, 11) is 0. The van der Waals surface area contributed by atoms with Gasteiger partial charge in [0.05, 0.1) is 11.9 Å². The Bertz CT molecular complexity index is 307. The van der Waals surface area contributed by atoms with Gasteiger partial charge in [0.15, 0.2) is 0 Å². The average Bonchev–Trinajstić information content (AvgIpc) is 2.52. The van der Waals surface area contributed by atoms with Crippen LogP contribution in [-0.4, -0.2) is 22.8 Å². The highest BCUT2D eigenvalue weighted by Crippen LogP contribution is 2.29. The molecule has 1 saturated heterocycles. The van der Waals surface area contributed by atoms with E-state index >= 15 is 0 Å². The number of aromatic nitrogens is 2. The van der Waals surface area contributed by atoms with Crippen LogP contribution in [0.1, 0.15) is 26.7 Å². The van der Waals surface area contributed by atoms with Gasteiger partial charge >= 0.3 is 0 Å². The van der Waals surface area contributed by atoms with Gasteiger partial charge in [-0.2, -0.15) is 5.10 Å². The Hall–Kier alpha value is -1.19. The van der Waals surface area contributed by atoms with Gasteiger partial charge in [0.2, 0.25) is 0 Å². The second-order valence-electron chi connectivity index (χ2n) is 4.34. The van der Waals surface area contributed by atoms with Crippen LogP contribution in [0.25, 0.3) is 0 Å². The largest absolute Gasteiger partial charge is 0.382 e. The molecule has 1 aliphatic heterocycles. The van der Waals surface area contributed by atoms with E-state index in [-0.39, 0.29) is 0 Å². The predicted molar refractivity (Wildman–Crippen MR) is 58.2 cm³/mol. The summed E-state index contributed by atoms with van der Waals surface area (Å²) in [5.41, 5.74) is 6.87. The van der Waals surface area contributed by atoms with E-state index in [9.17, 15) is 0 Å². The van der Waals surface area contributed by atoms with E-state index in [1.807, 2.05) is 6.20 Å². The zero-order chi connectivity index (χ0) is 10.1. The lowest BCUT2D eigenvalue weighted by molar-refractivity contribution is 0.378. The fourth-order valence-corrected chi connectivity index (χ4v) is 2.28. The Morgan fingerprint density at radius 1 is 1.57 bits per heavy atom. The first-order valence-corrected chi connectivity index (χ1v) is 5.24. The minimum absolute atomic E-state index is 0.568. The van der Waals surface area contributed by atoms with Crippen LogP contribution in [0.2, 0.25) is 0 Å². The number of rotatable bonds is 1. The first kappa shape index (κ1) is 9.37. The first-order chi connectivity index (χ1) is 6.68. The molecule has 2 heterocycles. The Morgan fingerprint density at radius 3 is 2.93 bits per heavy atom. The van der Waals surface area contributed by atoms with Crippen LogP contribution >= 0.6 is 0 Å². The lowest BCUT2D eigenvalue weighted by Gasteiger charge is -2.37. The van der Waals surface area contributed by atoms with Gasteiger partial charge in [-0.05, 0) is 25.7 Å². The Labute approximate surface area is 84.5 Å². The molecule has 0 aliphatic carbocycles. The molecule has 1 aromatic rings. The summed E-state index contributed by atoms with van der Waals surface area (Å²) in [6.45, 7) is 5.65. The highest BCUT2D eigenvalue weighted by molar-refractivity contribution is 5.62. The molecule has 4 nitrogen and oxygen atoms in total. The second-order valence-corrected chi connectivity index (χ2v) is 4.34. The van der Waals surface area contributed by atoms with Crippen LogP contribution in [0.15, 0.2) is 6.20 Å². The molecular formula is C10H18N4. The van der Waals surface area contributed by atoms with Crippen LogP contribution < -0.4 is 10.6 Å². The molecule has 0 amide bonds. The molecule has 14 heavy (non-hydrogen) atoms. The molecule has 0 saturated carbocycles. The molecule has 0 bridgehead atoms. The third kappa shape index (κ3) is 1.56. The van der Waals surface area contributed by atoms with Gasteiger partial charge in [0.25, 0.3) is 0 Å². The summed E-state index contributed by atoms with van der Waals surface area (Å²) in [6.07, 6.45) is 4.31. The number of aromatic amines is 1. The van der Waals surface area contributed by atoms with Crippen LogP contribution in [0.4, 0.5) is 11.5 Å². The maximum atomic E-state index is 5.81. The van der Waals surface area contributed by atoms with Crippen molar-refractivity contribution in [3.63, 3.8) is 0 Å². The molecular weight excluding hydrogens is 176 g/mol. The number of nitrogens with two attached hydrogens (primary N) is 1. The van der Waals surface area contributed by atoms with Crippen molar-refractivity contribution >= 4 is 11.5 Å². The van der Waals surface area contributed by atoms with E-state index in [4.69, 9.17) is 5.73 Å². The summed E-state index contributed by atoms with van der Waals surface area (Å²) in [5, 5.41) is 6.74. The van der Waals surface area contributed by atoms with Crippen molar-refractivity contribution in [2.24, 2.45) is 5.92 Å². The van der Waals surface area contributed by atoms with E-state index in [2.05, 4.69) is 28.9 Å². The van der Waals surface area contributed by atoms with Gasteiger partial charge in [0.1, 0.15) is 5.82 Å². The van der Waals surface area contributed by atoms with Crippen molar-refractivity contribution in [2.75, 3.05) is 17.2 Å². The number of hydrogen-bond acceptors (Lipinski definition) is 3. The SMILES string of the molecule is CC1CCN(c2cn[nH]c2N)C(C)C1. The van der Waals surface area contributed by atoms with Gasteiger partial charge < -0.3 is 10.6 Å². The van der Waals surface area contributed by atoms with Crippen LogP contribution in [0.3, 0.4) is 0 Å². The van der Waals surface area contributed by atoms with Crippen molar-refractivity contribution in [2.45, 2.75) is 32.7 Å². The van der Waals surface area contributed by atoms with Crippen molar-refractivity contribution in [1.29, 1.82) is 0 Å². The van der Waals surface area contributed by atoms with Crippen molar-refractivity contribution in [1.82, 2.24) is 10.2 Å². The summed E-state index contributed by atoms with van der Waals surface area (Å²) in [4.78, 5) is 2.35. The molecule has 2 rings (SSSR count). The average molecular weight is 194 g/mol. The number of anilines is 2. The minimum atomic E-state index is 0.568. The van der Waals surface area contributed by atoms with Crippen LogP contribution in [-0.2, 0) is 0 Å². The van der Waals surface area contributed by atoms with E-state index in [1.165, 1.54) is 12.8 Å². The summed E-state index contributed by atoms with van der Waals surface area (Å²) in [6, 6.07) is 0.568. The smallest absolute Gasteiger partial charge is 0.142 e. The molecule has 1 aliphatic rings. The van der Waals surface area contributed by atoms with E-state index < -0.39 is 0 Å². The van der Waals surface area contributed by atoms with Gasteiger partial charge in [-0.3, -0.25) is 5.10 Å². The molecule has 1 aromatic heterocycles. The van der Waals surface area contributed by atoms with Crippen molar-refractivity contribution in [3.8, 4) is 0 Å². The summed E-state index contributed by atoms with van der Waals surface area (Å²) >= 11 is 0. The van der Waals surface area contributed by atoms with Crippen molar-refractivity contribution < 1.29 is 0 Å². The van der Waals surface area contributed by atoms with Crippen LogP contribution in [0.5, 0.6) is 0 Å². The third-order valence-electron chi connectivity index (χ3n) is 3.10. The number of nitrogens with one attached hydrogen (secondary N) is 1. The monoisotopic (exact) mass is 194 g/mol. The highest BCUT2D eigenvalue weighted by Gasteiger charge is 2.24. The van der Waals surface area contributed by atoms with E-state index in [0.717, 1.165) is 18.2 Å². The normalized spacial score (nSPS) is 28.0. The minimum Gasteiger partial charge on any atom is -0.382 e. The number of hydrogen-bond donors (Lipinski definition) is 2. The Balaban J connectivity index is 2.15. The maximum Gasteiger partial charge on any atom is 0.142 e. The topological polar surface area (TPSA) is 57.9 Å². The lowest BCUT2D eigenvalue weighted by atomic mass is 9.93. The molecule has 2 atom stereocenters. The summed E-state index contributed by atoms with van der Waals surface area (Å²) < 4.78 is 0. The van der Waals surface area contributed by atoms with E-state index in [0.29, 0.717) is 11.9 Å². The Kier molecular flexibility index (Phi) is 2.35. The zero-order valence-corrected chi connectivity index (χ0v) is 8.83. The van der Waals surface area contributed by atoms with Gasteiger partial charge in [-0.1, -0.05) is 6.92 Å². The molecule has 0 radical (unpaired) electrons. The number of nitrogens with zero attached hydrogens (tertiary/aromatic N) is 2. The third-order valence-corrected chi connectivity index (χ3v) is 3.10. The number of nitrogen functional groups attached to an aromatic ring is 1. The maximum absolute atomic E-state index is 5.81. The second kappa shape index (κ2) is 3.52. The molecule has 0 aromatic carbocycles. The molecule has 1 fully saturated rings. The standard InChI is InChI=1S/C10H18N4/c1-7-3-4-14(8(2)5-7)9-6-12-13-10(9)11/h6-8H,3-5H2,1-2H3,(H3,11,12,13). The summed E-state index contributed by atoms with van der Waals surface area (Å²) in [5.74, 6) is 1.51. The first-order valence-electron chi connectivity index (χ1n) is 5.24. The van der Waals surface area contributed by atoms with Crippen molar-refractivity contribution in [3.05, 3.63) is 6.20 Å². The van der Waals surface area contributed by atoms with E-state index in [1.54, 1.807) is 0 Å². The van der Waals surface area contributed by atoms with Gasteiger partial charge in [-0.15, -0.1) is 0 Å². The fraction of sp³-hybridized carbons (Fsp3) is 0.700. The van der Waals surface area contributed by atoms with Gasteiger partial charge in [-0.25, -0.2) is 0 Å². The molecule has 3 N–H and O–H groups in total. The lowest BCUT2D eigenvalue weighted by Crippen LogP contribution is -2.40.